The van der Waals surface area contributed by atoms with Crippen molar-refractivity contribution in [3.63, 3.8) is 0 Å². The average molecular weight is 307 g/mol. The number of carbonyl (C=O) groups is 1. The van der Waals surface area contributed by atoms with Gasteiger partial charge in [0.1, 0.15) is 11.6 Å². The summed E-state index contributed by atoms with van der Waals surface area (Å²) in [6.45, 7) is 3.78. The summed E-state index contributed by atoms with van der Waals surface area (Å²) in [5, 5.41) is 0.0212. The highest BCUT2D eigenvalue weighted by Gasteiger charge is 2.18. The van der Waals surface area contributed by atoms with Gasteiger partial charge in [-0.15, -0.1) is 0 Å². The van der Waals surface area contributed by atoms with Crippen molar-refractivity contribution in [3.8, 4) is 5.75 Å². The van der Waals surface area contributed by atoms with Gasteiger partial charge in [-0.1, -0.05) is 29.8 Å². The van der Waals surface area contributed by atoms with E-state index in [2.05, 4.69) is 0 Å². The molecule has 2 nitrogen and oxygen atoms in total. The first kappa shape index (κ1) is 15.5. The standard InChI is InChI=1S/C17H16ClFO2/c1-10-7-11(2)16(15(8-10)21-3)14(20)9-12-5-4-6-13(18)17(12)19/h4-8H,9H2,1-3H3. The fraction of sp³-hybridized carbons (Fsp3) is 0.235. The molecular weight excluding hydrogens is 291 g/mol. The minimum absolute atomic E-state index is 0.0212. The van der Waals surface area contributed by atoms with Crippen LogP contribution in [0.5, 0.6) is 5.75 Å². The number of carbonyl (C=O) groups excluding carboxylic acids is 1. The molecule has 2 aromatic rings. The molecule has 0 unspecified atom stereocenters. The first-order valence-electron chi connectivity index (χ1n) is 6.55. The number of ether oxygens (including phenoxy) is 1. The molecule has 0 atom stereocenters. The van der Waals surface area contributed by atoms with Crippen LogP contribution in [0.1, 0.15) is 27.0 Å². The molecule has 0 spiro atoms. The van der Waals surface area contributed by atoms with Crippen molar-refractivity contribution < 1.29 is 13.9 Å². The van der Waals surface area contributed by atoms with E-state index < -0.39 is 5.82 Å². The molecule has 0 bridgehead atoms. The molecule has 4 heteroatoms. The topological polar surface area (TPSA) is 26.3 Å². The number of halogens is 2. The average Bonchev–Trinajstić information content (AvgIpc) is 2.42. The fourth-order valence-electron chi connectivity index (χ4n) is 2.39. The largest absolute Gasteiger partial charge is 0.496 e. The second kappa shape index (κ2) is 6.27. The van der Waals surface area contributed by atoms with Crippen molar-refractivity contribution in [3.05, 3.63) is 63.4 Å². The van der Waals surface area contributed by atoms with Crippen LogP contribution >= 0.6 is 11.6 Å². The van der Waals surface area contributed by atoms with E-state index in [0.717, 1.165) is 11.1 Å². The molecule has 0 saturated heterocycles. The summed E-state index contributed by atoms with van der Waals surface area (Å²) in [6, 6.07) is 8.36. The smallest absolute Gasteiger partial charge is 0.171 e. The van der Waals surface area contributed by atoms with E-state index in [9.17, 15) is 9.18 Å². The van der Waals surface area contributed by atoms with Crippen molar-refractivity contribution in [2.45, 2.75) is 20.3 Å². The van der Waals surface area contributed by atoms with E-state index in [1.54, 1.807) is 18.2 Å². The van der Waals surface area contributed by atoms with Gasteiger partial charge in [-0.25, -0.2) is 4.39 Å². The molecule has 0 aliphatic heterocycles. The van der Waals surface area contributed by atoms with Crippen LogP contribution in [0.2, 0.25) is 5.02 Å². The Labute approximate surface area is 128 Å². The van der Waals surface area contributed by atoms with E-state index in [1.807, 2.05) is 19.9 Å². The molecule has 0 aliphatic rings. The van der Waals surface area contributed by atoms with Gasteiger partial charge in [-0.05, 0) is 42.7 Å². The van der Waals surface area contributed by atoms with Gasteiger partial charge in [-0.2, -0.15) is 0 Å². The van der Waals surface area contributed by atoms with E-state index in [-0.39, 0.29) is 22.8 Å². The minimum Gasteiger partial charge on any atom is -0.496 e. The van der Waals surface area contributed by atoms with Crippen LogP contribution in [-0.4, -0.2) is 12.9 Å². The first-order valence-corrected chi connectivity index (χ1v) is 6.93. The number of benzene rings is 2. The lowest BCUT2D eigenvalue weighted by Gasteiger charge is -2.12. The van der Waals surface area contributed by atoms with Crippen LogP contribution < -0.4 is 4.74 Å². The van der Waals surface area contributed by atoms with Crippen LogP contribution in [0.25, 0.3) is 0 Å². The number of rotatable bonds is 4. The quantitative estimate of drug-likeness (QED) is 0.776. The maximum Gasteiger partial charge on any atom is 0.171 e. The Morgan fingerprint density at radius 3 is 2.67 bits per heavy atom. The van der Waals surface area contributed by atoms with Crippen molar-refractivity contribution >= 4 is 17.4 Å². The summed E-state index contributed by atoms with van der Waals surface area (Å²) >= 11 is 5.74. The Morgan fingerprint density at radius 1 is 1.29 bits per heavy atom. The molecule has 2 aromatic carbocycles. The van der Waals surface area contributed by atoms with Gasteiger partial charge in [0, 0.05) is 6.42 Å². The van der Waals surface area contributed by atoms with Crippen molar-refractivity contribution in [2.24, 2.45) is 0 Å². The Balaban J connectivity index is 2.39. The second-order valence-corrected chi connectivity index (χ2v) is 5.38. The van der Waals surface area contributed by atoms with Crippen LogP contribution in [0, 0.1) is 19.7 Å². The number of Topliss-reactive ketones (excluding diaryl/α,β-unsaturated/α-hetero) is 1. The lowest BCUT2D eigenvalue weighted by Crippen LogP contribution is -2.09. The predicted molar refractivity (Wildman–Crippen MR) is 81.9 cm³/mol. The highest BCUT2D eigenvalue weighted by molar-refractivity contribution is 6.30. The molecule has 21 heavy (non-hydrogen) atoms. The maximum absolute atomic E-state index is 13.9. The van der Waals surface area contributed by atoms with Gasteiger partial charge < -0.3 is 4.74 Å². The Morgan fingerprint density at radius 2 is 2.00 bits per heavy atom. The second-order valence-electron chi connectivity index (χ2n) is 4.97. The number of ketones is 1. The van der Waals surface area contributed by atoms with E-state index >= 15 is 0 Å². The van der Waals surface area contributed by atoms with Crippen molar-refractivity contribution in [1.82, 2.24) is 0 Å². The molecule has 0 fully saturated rings. The summed E-state index contributed by atoms with van der Waals surface area (Å²) in [5.41, 5.74) is 2.60. The fourth-order valence-corrected chi connectivity index (χ4v) is 2.59. The number of hydrogen-bond donors (Lipinski definition) is 0. The summed E-state index contributed by atoms with van der Waals surface area (Å²) in [6.07, 6.45) is -0.0490. The third-order valence-electron chi connectivity index (χ3n) is 3.33. The summed E-state index contributed by atoms with van der Waals surface area (Å²) in [7, 11) is 1.52. The molecule has 0 aromatic heterocycles. The lowest BCUT2D eigenvalue weighted by molar-refractivity contribution is 0.0988. The van der Waals surface area contributed by atoms with E-state index in [0.29, 0.717) is 11.3 Å². The maximum atomic E-state index is 13.9. The number of aryl methyl sites for hydroxylation is 2. The van der Waals surface area contributed by atoms with E-state index in [4.69, 9.17) is 16.3 Å². The number of methoxy groups -OCH3 is 1. The summed E-state index contributed by atoms with van der Waals surface area (Å²) in [5.74, 6) is -0.221. The van der Waals surface area contributed by atoms with Gasteiger partial charge in [0.2, 0.25) is 0 Å². The molecule has 0 aliphatic carbocycles. The highest BCUT2D eigenvalue weighted by atomic mass is 35.5. The van der Waals surface area contributed by atoms with Crippen LogP contribution in [0.15, 0.2) is 30.3 Å². The van der Waals surface area contributed by atoms with Gasteiger partial charge in [0.25, 0.3) is 0 Å². The van der Waals surface area contributed by atoms with Crippen LogP contribution in [0.3, 0.4) is 0 Å². The first-order chi connectivity index (χ1) is 9.93. The number of hydrogen-bond acceptors (Lipinski definition) is 2. The normalized spacial score (nSPS) is 10.5. The Kier molecular flexibility index (Phi) is 4.63. The monoisotopic (exact) mass is 306 g/mol. The van der Waals surface area contributed by atoms with Gasteiger partial charge in [0.15, 0.2) is 5.78 Å². The summed E-state index contributed by atoms with van der Waals surface area (Å²) in [4.78, 5) is 12.5. The molecule has 0 saturated carbocycles. The molecule has 0 amide bonds. The molecular formula is C17H16ClFO2. The Hall–Kier alpha value is -1.87. The van der Waals surface area contributed by atoms with Gasteiger partial charge >= 0.3 is 0 Å². The zero-order valence-corrected chi connectivity index (χ0v) is 12.9. The third kappa shape index (κ3) is 3.24. The Bertz CT molecular complexity index is 695. The molecule has 0 N–H and O–H groups in total. The highest BCUT2D eigenvalue weighted by Crippen LogP contribution is 2.27. The van der Waals surface area contributed by atoms with E-state index in [1.165, 1.54) is 13.2 Å². The lowest BCUT2D eigenvalue weighted by atomic mass is 9.96. The third-order valence-corrected chi connectivity index (χ3v) is 3.62. The molecule has 110 valence electrons. The molecule has 0 heterocycles. The van der Waals surface area contributed by atoms with Crippen molar-refractivity contribution in [1.29, 1.82) is 0 Å². The zero-order valence-electron chi connectivity index (χ0n) is 12.2. The van der Waals surface area contributed by atoms with Crippen LogP contribution in [0.4, 0.5) is 4.39 Å². The van der Waals surface area contributed by atoms with Gasteiger partial charge in [0.05, 0.1) is 17.7 Å². The SMILES string of the molecule is COc1cc(C)cc(C)c1C(=O)Cc1cccc(Cl)c1F. The van der Waals surface area contributed by atoms with Crippen molar-refractivity contribution in [2.75, 3.05) is 7.11 Å². The van der Waals surface area contributed by atoms with Gasteiger partial charge in [-0.3, -0.25) is 4.79 Å². The minimum atomic E-state index is -0.545. The zero-order chi connectivity index (χ0) is 15.6. The van der Waals surface area contributed by atoms with Crippen LogP contribution in [-0.2, 0) is 6.42 Å². The molecule has 2 rings (SSSR count). The summed E-state index contributed by atoms with van der Waals surface area (Å²) < 4.78 is 19.2. The molecule has 0 radical (unpaired) electrons. The predicted octanol–water partition coefficient (Wildman–Crippen LogP) is 4.53.